The molecular weight excluding hydrogens is 254 g/mol. The first-order chi connectivity index (χ1) is 7.25. The van der Waals surface area contributed by atoms with Crippen LogP contribution in [0.4, 0.5) is 0 Å². The molecule has 0 saturated carbocycles. The summed E-state index contributed by atoms with van der Waals surface area (Å²) in [6.45, 7) is 6.97. The first-order valence-electron chi connectivity index (χ1n) is 5.31. The zero-order valence-corrected chi connectivity index (χ0v) is 10.6. The molecule has 3 heteroatoms. The summed E-state index contributed by atoms with van der Waals surface area (Å²) in [5, 5.41) is 0. The minimum Gasteiger partial charge on any atom is -0.379 e. The highest BCUT2D eigenvalue weighted by Crippen LogP contribution is 2.18. The molecule has 1 saturated heterocycles. The van der Waals surface area contributed by atoms with Crippen LogP contribution in [0.5, 0.6) is 0 Å². The van der Waals surface area contributed by atoms with Crippen molar-refractivity contribution in [3.63, 3.8) is 0 Å². The molecule has 0 radical (unpaired) electrons. The van der Waals surface area contributed by atoms with Crippen molar-refractivity contribution in [3.05, 3.63) is 33.8 Å². The van der Waals surface area contributed by atoms with Crippen molar-refractivity contribution >= 4 is 15.9 Å². The maximum Gasteiger partial charge on any atom is 0.0594 e. The van der Waals surface area contributed by atoms with E-state index in [1.807, 2.05) is 0 Å². The fourth-order valence-corrected chi connectivity index (χ4v) is 2.18. The van der Waals surface area contributed by atoms with Crippen LogP contribution in [-0.4, -0.2) is 31.2 Å². The topological polar surface area (TPSA) is 12.5 Å². The van der Waals surface area contributed by atoms with E-state index in [-0.39, 0.29) is 0 Å². The Labute approximate surface area is 99.4 Å². The first kappa shape index (κ1) is 11.1. The Balaban J connectivity index is 2.00. The van der Waals surface area contributed by atoms with Crippen molar-refractivity contribution in [2.45, 2.75) is 13.5 Å². The molecule has 1 aromatic carbocycles. The highest BCUT2D eigenvalue weighted by Gasteiger charge is 2.10. The molecule has 0 N–H and O–H groups in total. The van der Waals surface area contributed by atoms with E-state index in [0.717, 1.165) is 32.8 Å². The lowest BCUT2D eigenvalue weighted by Crippen LogP contribution is -2.35. The summed E-state index contributed by atoms with van der Waals surface area (Å²) in [6, 6.07) is 6.58. The van der Waals surface area contributed by atoms with Gasteiger partial charge in [-0.05, 0) is 24.1 Å². The highest BCUT2D eigenvalue weighted by molar-refractivity contribution is 9.10. The smallest absolute Gasteiger partial charge is 0.0594 e. The lowest BCUT2D eigenvalue weighted by Gasteiger charge is -2.26. The molecule has 15 heavy (non-hydrogen) atoms. The Morgan fingerprint density at radius 1 is 1.33 bits per heavy atom. The Hall–Kier alpha value is -0.380. The van der Waals surface area contributed by atoms with Gasteiger partial charge in [-0.25, -0.2) is 0 Å². The number of ether oxygens (including phenoxy) is 1. The molecule has 0 spiro atoms. The summed E-state index contributed by atoms with van der Waals surface area (Å²) in [5.41, 5.74) is 2.66. The number of benzene rings is 1. The first-order valence-corrected chi connectivity index (χ1v) is 6.10. The van der Waals surface area contributed by atoms with E-state index >= 15 is 0 Å². The average molecular weight is 270 g/mol. The Bertz CT molecular complexity index is 334. The predicted molar refractivity (Wildman–Crippen MR) is 65.0 cm³/mol. The lowest BCUT2D eigenvalue weighted by atomic mass is 10.1. The second-order valence-electron chi connectivity index (χ2n) is 3.97. The number of rotatable bonds is 2. The van der Waals surface area contributed by atoms with Crippen LogP contribution in [0.25, 0.3) is 0 Å². The molecule has 2 nitrogen and oxygen atoms in total. The van der Waals surface area contributed by atoms with Gasteiger partial charge in [0.05, 0.1) is 13.2 Å². The SMILES string of the molecule is Cc1ccc(CN2CCOCC2)cc1Br. The summed E-state index contributed by atoms with van der Waals surface area (Å²) in [6.07, 6.45) is 0. The fourth-order valence-electron chi connectivity index (χ4n) is 1.75. The number of halogens is 1. The van der Waals surface area contributed by atoms with E-state index in [2.05, 4.69) is 46.0 Å². The highest BCUT2D eigenvalue weighted by atomic mass is 79.9. The Morgan fingerprint density at radius 3 is 2.73 bits per heavy atom. The second kappa shape index (κ2) is 5.10. The molecule has 1 aliphatic heterocycles. The summed E-state index contributed by atoms with van der Waals surface area (Å²) >= 11 is 3.57. The van der Waals surface area contributed by atoms with Crippen LogP contribution < -0.4 is 0 Å². The molecule has 2 rings (SSSR count). The lowest BCUT2D eigenvalue weighted by molar-refractivity contribution is 0.0342. The molecule has 1 aliphatic rings. The van der Waals surface area contributed by atoms with Gasteiger partial charge in [0.2, 0.25) is 0 Å². The third kappa shape index (κ3) is 3.03. The number of nitrogens with zero attached hydrogens (tertiary/aromatic N) is 1. The minimum absolute atomic E-state index is 0.868. The van der Waals surface area contributed by atoms with E-state index in [1.54, 1.807) is 0 Å². The van der Waals surface area contributed by atoms with E-state index in [9.17, 15) is 0 Å². The van der Waals surface area contributed by atoms with Gasteiger partial charge in [0.25, 0.3) is 0 Å². The molecule has 0 aromatic heterocycles. The maximum atomic E-state index is 5.33. The van der Waals surface area contributed by atoms with Crippen LogP contribution in [-0.2, 0) is 11.3 Å². The van der Waals surface area contributed by atoms with Crippen molar-refractivity contribution in [1.29, 1.82) is 0 Å². The Kier molecular flexibility index (Phi) is 3.78. The van der Waals surface area contributed by atoms with Crippen molar-refractivity contribution in [2.75, 3.05) is 26.3 Å². The van der Waals surface area contributed by atoms with Gasteiger partial charge in [-0.1, -0.05) is 28.1 Å². The van der Waals surface area contributed by atoms with Gasteiger partial charge in [-0.2, -0.15) is 0 Å². The molecule has 0 atom stereocenters. The van der Waals surface area contributed by atoms with Gasteiger partial charge in [-0.3, -0.25) is 4.90 Å². The number of morpholine rings is 1. The molecule has 82 valence electrons. The largest absolute Gasteiger partial charge is 0.379 e. The summed E-state index contributed by atoms with van der Waals surface area (Å²) in [7, 11) is 0. The summed E-state index contributed by atoms with van der Waals surface area (Å²) in [5.74, 6) is 0. The van der Waals surface area contributed by atoms with Crippen molar-refractivity contribution < 1.29 is 4.74 Å². The van der Waals surface area contributed by atoms with Crippen LogP contribution in [0.3, 0.4) is 0 Å². The molecule has 1 heterocycles. The van der Waals surface area contributed by atoms with Crippen LogP contribution in [0.15, 0.2) is 22.7 Å². The van der Waals surface area contributed by atoms with E-state index in [4.69, 9.17) is 4.74 Å². The third-order valence-corrected chi connectivity index (χ3v) is 3.60. The van der Waals surface area contributed by atoms with Crippen molar-refractivity contribution in [1.82, 2.24) is 4.90 Å². The predicted octanol–water partition coefficient (Wildman–Crippen LogP) is 2.59. The van der Waals surface area contributed by atoms with Gasteiger partial charge in [-0.15, -0.1) is 0 Å². The maximum absolute atomic E-state index is 5.33. The monoisotopic (exact) mass is 269 g/mol. The molecule has 0 bridgehead atoms. The molecule has 1 aromatic rings. The molecule has 1 fully saturated rings. The third-order valence-electron chi connectivity index (χ3n) is 2.75. The number of aryl methyl sites for hydroxylation is 1. The van der Waals surface area contributed by atoms with Crippen LogP contribution in [0.1, 0.15) is 11.1 Å². The molecule has 0 unspecified atom stereocenters. The quantitative estimate of drug-likeness (QED) is 0.819. The summed E-state index contributed by atoms with van der Waals surface area (Å²) < 4.78 is 6.53. The number of hydrogen-bond donors (Lipinski definition) is 0. The van der Waals surface area contributed by atoms with Gasteiger partial charge >= 0.3 is 0 Å². The Morgan fingerprint density at radius 2 is 2.07 bits per heavy atom. The molecule has 0 aliphatic carbocycles. The zero-order chi connectivity index (χ0) is 10.7. The van der Waals surface area contributed by atoms with Crippen molar-refractivity contribution in [3.8, 4) is 0 Å². The van der Waals surface area contributed by atoms with Gasteiger partial charge in [0.15, 0.2) is 0 Å². The van der Waals surface area contributed by atoms with Crippen LogP contribution in [0.2, 0.25) is 0 Å². The minimum atomic E-state index is 0.868. The molecular formula is C12H16BrNO. The van der Waals surface area contributed by atoms with Crippen LogP contribution >= 0.6 is 15.9 Å². The van der Waals surface area contributed by atoms with E-state index < -0.39 is 0 Å². The van der Waals surface area contributed by atoms with E-state index in [1.165, 1.54) is 15.6 Å². The summed E-state index contributed by atoms with van der Waals surface area (Å²) in [4.78, 5) is 2.43. The number of hydrogen-bond acceptors (Lipinski definition) is 2. The van der Waals surface area contributed by atoms with Crippen LogP contribution in [0, 0.1) is 6.92 Å². The van der Waals surface area contributed by atoms with Gasteiger partial charge < -0.3 is 4.74 Å². The molecule has 0 amide bonds. The standard InChI is InChI=1S/C12H16BrNO/c1-10-2-3-11(8-12(10)13)9-14-4-6-15-7-5-14/h2-3,8H,4-7,9H2,1H3. The zero-order valence-electron chi connectivity index (χ0n) is 9.00. The normalized spacial score (nSPS) is 18.0. The van der Waals surface area contributed by atoms with Crippen molar-refractivity contribution in [2.24, 2.45) is 0 Å². The van der Waals surface area contributed by atoms with E-state index in [0.29, 0.717) is 0 Å². The second-order valence-corrected chi connectivity index (χ2v) is 4.83. The van der Waals surface area contributed by atoms with Gasteiger partial charge in [0, 0.05) is 24.1 Å². The van der Waals surface area contributed by atoms with Gasteiger partial charge in [0.1, 0.15) is 0 Å². The average Bonchev–Trinajstić information content (AvgIpc) is 2.25. The fraction of sp³-hybridized carbons (Fsp3) is 0.500.